The van der Waals surface area contributed by atoms with Crippen LogP contribution < -0.4 is 4.90 Å². The molecule has 0 unspecified atom stereocenters. The number of hydrogen-bond donors (Lipinski definition) is 0. The molecule has 0 fully saturated rings. The van der Waals surface area contributed by atoms with Crippen molar-refractivity contribution in [1.82, 2.24) is 0 Å². The number of nitrogens with zero attached hydrogens (tertiary/aromatic N) is 2. The number of amides is 2. The van der Waals surface area contributed by atoms with Crippen LogP contribution in [-0.4, -0.2) is 11.8 Å². The third-order valence-electron chi connectivity index (χ3n) is 4.91. The number of nitriles is 1. The normalized spacial score (nSPS) is 13.7. The van der Waals surface area contributed by atoms with Crippen LogP contribution in [0.4, 0.5) is 5.69 Å². The maximum Gasteiger partial charge on any atom is 0.272 e. The highest BCUT2D eigenvalue weighted by atomic mass is 32.2. The molecule has 0 aromatic heterocycles. The lowest BCUT2D eigenvalue weighted by molar-refractivity contribution is -0.119. The number of imide groups is 1. The minimum atomic E-state index is -0.353. The van der Waals surface area contributed by atoms with Crippen molar-refractivity contribution >= 4 is 34.8 Å². The van der Waals surface area contributed by atoms with E-state index >= 15 is 0 Å². The molecule has 0 saturated heterocycles. The average Bonchev–Trinajstić information content (AvgIpc) is 2.99. The number of thioether (sulfide) groups is 1. The summed E-state index contributed by atoms with van der Waals surface area (Å²) < 4.78 is 0. The molecule has 0 bridgehead atoms. The zero-order chi connectivity index (χ0) is 21.3. The van der Waals surface area contributed by atoms with Gasteiger partial charge in [-0.25, -0.2) is 4.90 Å². The molecule has 1 aliphatic rings. The van der Waals surface area contributed by atoms with Crippen molar-refractivity contribution in [2.24, 2.45) is 0 Å². The molecule has 3 aromatic carbocycles. The van der Waals surface area contributed by atoms with E-state index < -0.39 is 0 Å². The van der Waals surface area contributed by atoms with Gasteiger partial charge in [-0.05, 0) is 61.4 Å². The SMILES string of the molecule is Cc1ccc(C2=C(Sc3ccccc3)C(=O)N(c3ccc(C#N)cc3)C2=O)c(C)c1. The van der Waals surface area contributed by atoms with Crippen molar-refractivity contribution in [2.75, 3.05) is 4.90 Å². The predicted molar refractivity (Wildman–Crippen MR) is 119 cm³/mol. The molecule has 0 N–H and O–H groups in total. The first-order chi connectivity index (χ1) is 14.5. The molecule has 4 nitrogen and oxygen atoms in total. The first-order valence-corrected chi connectivity index (χ1v) is 10.2. The van der Waals surface area contributed by atoms with Gasteiger partial charge in [0.05, 0.1) is 27.8 Å². The van der Waals surface area contributed by atoms with Crippen LogP contribution in [0.3, 0.4) is 0 Å². The summed E-state index contributed by atoms with van der Waals surface area (Å²) in [4.78, 5) is 29.4. The minimum Gasteiger partial charge on any atom is -0.268 e. The van der Waals surface area contributed by atoms with Gasteiger partial charge in [0, 0.05) is 4.90 Å². The van der Waals surface area contributed by atoms with E-state index in [4.69, 9.17) is 5.26 Å². The number of benzene rings is 3. The maximum atomic E-state index is 13.5. The van der Waals surface area contributed by atoms with Crippen LogP contribution in [0, 0.1) is 25.2 Å². The van der Waals surface area contributed by atoms with Crippen molar-refractivity contribution in [3.63, 3.8) is 0 Å². The summed E-state index contributed by atoms with van der Waals surface area (Å²) in [7, 11) is 0. The van der Waals surface area contributed by atoms with E-state index in [1.807, 2.05) is 62.4 Å². The molecule has 1 aliphatic heterocycles. The molecule has 30 heavy (non-hydrogen) atoms. The van der Waals surface area contributed by atoms with Gasteiger partial charge in [0.2, 0.25) is 0 Å². The highest BCUT2D eigenvalue weighted by molar-refractivity contribution is 8.04. The third-order valence-corrected chi connectivity index (χ3v) is 6.00. The second kappa shape index (κ2) is 8.02. The van der Waals surface area contributed by atoms with E-state index in [9.17, 15) is 9.59 Å². The Kier molecular flexibility index (Phi) is 5.26. The van der Waals surface area contributed by atoms with Crippen LogP contribution in [0.2, 0.25) is 0 Å². The van der Waals surface area contributed by atoms with Crippen LogP contribution in [0.25, 0.3) is 5.57 Å². The standard InChI is InChI=1S/C25H18N2O2S/c1-16-8-13-21(17(2)14-16)22-23(30-20-6-4-3-5-7-20)25(29)27(24(22)28)19-11-9-18(15-26)10-12-19/h3-14H,1-2H3. The quantitative estimate of drug-likeness (QED) is 0.551. The lowest BCUT2D eigenvalue weighted by Crippen LogP contribution is -2.31. The summed E-state index contributed by atoms with van der Waals surface area (Å²) in [6, 6.07) is 23.9. The molecule has 2 amide bonds. The van der Waals surface area contributed by atoms with E-state index in [0.29, 0.717) is 21.7 Å². The number of anilines is 1. The molecule has 0 radical (unpaired) electrons. The van der Waals surface area contributed by atoms with Crippen molar-refractivity contribution in [3.05, 3.63) is 100.0 Å². The van der Waals surface area contributed by atoms with Gasteiger partial charge in [0.15, 0.2) is 0 Å². The zero-order valence-electron chi connectivity index (χ0n) is 16.5. The molecular weight excluding hydrogens is 392 g/mol. The Morgan fingerprint density at radius 1 is 0.867 bits per heavy atom. The average molecular weight is 410 g/mol. The largest absolute Gasteiger partial charge is 0.272 e. The molecule has 0 atom stereocenters. The van der Waals surface area contributed by atoms with Crippen LogP contribution in [0.15, 0.2) is 82.6 Å². The van der Waals surface area contributed by atoms with Crippen LogP contribution in [-0.2, 0) is 9.59 Å². The Labute approximate surface area is 179 Å². The monoisotopic (exact) mass is 410 g/mol. The lowest BCUT2D eigenvalue weighted by Gasteiger charge is -2.15. The van der Waals surface area contributed by atoms with Gasteiger partial charge >= 0.3 is 0 Å². The molecule has 5 heteroatoms. The van der Waals surface area contributed by atoms with E-state index in [0.717, 1.165) is 21.6 Å². The highest BCUT2D eigenvalue weighted by Gasteiger charge is 2.40. The van der Waals surface area contributed by atoms with Crippen LogP contribution in [0.5, 0.6) is 0 Å². The number of aryl methyl sites for hydroxylation is 2. The van der Waals surface area contributed by atoms with Gasteiger partial charge in [0.25, 0.3) is 11.8 Å². The molecular formula is C25H18N2O2S. The van der Waals surface area contributed by atoms with Crippen molar-refractivity contribution in [1.29, 1.82) is 5.26 Å². The fourth-order valence-electron chi connectivity index (χ4n) is 3.46. The molecule has 0 saturated carbocycles. The number of hydrogen-bond acceptors (Lipinski definition) is 4. The van der Waals surface area contributed by atoms with E-state index in [1.54, 1.807) is 24.3 Å². The summed E-state index contributed by atoms with van der Waals surface area (Å²) in [5.74, 6) is -0.705. The minimum absolute atomic E-state index is 0.352. The van der Waals surface area contributed by atoms with Gasteiger partial charge in [-0.15, -0.1) is 0 Å². The van der Waals surface area contributed by atoms with E-state index in [2.05, 4.69) is 6.07 Å². The Balaban J connectivity index is 1.84. The summed E-state index contributed by atoms with van der Waals surface area (Å²) in [5, 5.41) is 9.04. The summed E-state index contributed by atoms with van der Waals surface area (Å²) in [5.41, 5.74) is 4.13. The summed E-state index contributed by atoms with van der Waals surface area (Å²) in [6.07, 6.45) is 0. The molecule has 1 heterocycles. The zero-order valence-corrected chi connectivity index (χ0v) is 17.4. The van der Waals surface area contributed by atoms with Crippen molar-refractivity contribution in [2.45, 2.75) is 18.7 Å². The number of carbonyl (C=O) groups is 2. The Morgan fingerprint density at radius 3 is 2.20 bits per heavy atom. The second-order valence-electron chi connectivity index (χ2n) is 7.04. The van der Waals surface area contributed by atoms with Crippen molar-refractivity contribution in [3.8, 4) is 6.07 Å². The number of carbonyl (C=O) groups excluding carboxylic acids is 2. The topological polar surface area (TPSA) is 61.2 Å². The predicted octanol–water partition coefficient (Wildman–Crippen LogP) is 5.25. The maximum absolute atomic E-state index is 13.5. The molecule has 4 rings (SSSR count). The van der Waals surface area contributed by atoms with Crippen LogP contribution in [0.1, 0.15) is 22.3 Å². The Hall–Kier alpha value is -3.62. The Morgan fingerprint density at radius 2 is 1.57 bits per heavy atom. The fourth-order valence-corrected chi connectivity index (χ4v) is 4.47. The van der Waals surface area contributed by atoms with Crippen LogP contribution >= 0.6 is 11.8 Å². The van der Waals surface area contributed by atoms with Crippen molar-refractivity contribution < 1.29 is 9.59 Å². The molecule has 0 aliphatic carbocycles. The van der Waals surface area contributed by atoms with Gasteiger partial charge in [-0.1, -0.05) is 53.7 Å². The number of rotatable bonds is 4. The fraction of sp³-hybridized carbons (Fsp3) is 0.0800. The molecule has 0 spiro atoms. The van der Waals surface area contributed by atoms with Gasteiger partial charge in [-0.2, -0.15) is 5.26 Å². The lowest BCUT2D eigenvalue weighted by atomic mass is 9.98. The third kappa shape index (κ3) is 3.54. The first-order valence-electron chi connectivity index (χ1n) is 9.43. The summed E-state index contributed by atoms with van der Waals surface area (Å²) >= 11 is 1.30. The Bertz CT molecular complexity index is 1220. The van der Waals surface area contributed by atoms with Gasteiger partial charge in [0.1, 0.15) is 0 Å². The van der Waals surface area contributed by atoms with Gasteiger partial charge in [-0.3, -0.25) is 9.59 Å². The highest BCUT2D eigenvalue weighted by Crippen LogP contribution is 2.42. The van der Waals surface area contributed by atoms with Gasteiger partial charge < -0.3 is 0 Å². The molecule has 146 valence electrons. The first kappa shape index (κ1) is 19.7. The smallest absolute Gasteiger partial charge is 0.268 e. The van der Waals surface area contributed by atoms with E-state index in [-0.39, 0.29) is 11.8 Å². The summed E-state index contributed by atoms with van der Waals surface area (Å²) in [6.45, 7) is 3.94. The van der Waals surface area contributed by atoms with E-state index in [1.165, 1.54) is 16.7 Å². The molecule has 3 aromatic rings. The second-order valence-corrected chi connectivity index (χ2v) is 8.13.